The third kappa shape index (κ3) is 3.59. The van der Waals surface area contributed by atoms with Gasteiger partial charge in [-0.1, -0.05) is 43.3 Å². The Morgan fingerprint density at radius 2 is 2.04 bits per heavy atom. The van der Waals surface area contributed by atoms with E-state index in [0.717, 1.165) is 30.6 Å². The fraction of sp³-hybridized carbons (Fsp3) is 0.545. The number of hydrogen-bond donors (Lipinski definition) is 0. The van der Waals surface area contributed by atoms with Crippen LogP contribution in [0.2, 0.25) is 0 Å². The molecule has 0 amide bonds. The van der Waals surface area contributed by atoms with E-state index in [1.165, 1.54) is 0 Å². The van der Waals surface area contributed by atoms with Gasteiger partial charge >= 0.3 is 11.9 Å². The first-order chi connectivity index (χ1) is 13.5. The molecule has 0 spiro atoms. The van der Waals surface area contributed by atoms with Crippen LogP contribution in [0.15, 0.2) is 42.0 Å². The molecule has 0 unspecified atom stereocenters. The van der Waals surface area contributed by atoms with Crippen LogP contribution in [-0.2, 0) is 30.4 Å². The number of esters is 2. The summed E-state index contributed by atoms with van der Waals surface area (Å²) < 4.78 is 17.6. The summed E-state index contributed by atoms with van der Waals surface area (Å²) in [5.74, 6) is -1.09. The fourth-order valence-electron chi connectivity index (χ4n) is 4.29. The van der Waals surface area contributed by atoms with Gasteiger partial charge in [0, 0.05) is 19.0 Å². The highest BCUT2D eigenvalue weighted by Gasteiger charge is 2.47. The third-order valence-corrected chi connectivity index (χ3v) is 6.27. The van der Waals surface area contributed by atoms with Crippen LogP contribution in [0, 0.1) is 5.92 Å². The zero-order valence-electron chi connectivity index (χ0n) is 16.4. The van der Waals surface area contributed by atoms with Crippen molar-refractivity contribution in [2.45, 2.75) is 51.0 Å². The molecule has 0 aliphatic carbocycles. The van der Waals surface area contributed by atoms with E-state index in [-0.39, 0.29) is 43.7 Å². The van der Waals surface area contributed by atoms with Gasteiger partial charge in [-0.15, -0.1) is 0 Å². The maximum Gasteiger partial charge on any atom is 0.338 e. The SMILES string of the molecule is C[C@H]1CC(=O)O[C@@H]2CCN3CC=C(COC(=O)[C@]1(C)OCc1ccccc1)[C@@H]23. The molecule has 3 aliphatic heterocycles. The number of ether oxygens (including phenoxy) is 3. The number of carbonyl (C=O) groups is 2. The molecule has 0 bridgehead atoms. The van der Waals surface area contributed by atoms with Crippen LogP contribution in [0.4, 0.5) is 0 Å². The topological polar surface area (TPSA) is 65.1 Å². The maximum absolute atomic E-state index is 13.0. The zero-order valence-corrected chi connectivity index (χ0v) is 16.4. The highest BCUT2D eigenvalue weighted by Crippen LogP contribution is 2.35. The predicted octanol–water partition coefficient (Wildman–Crippen LogP) is 2.47. The van der Waals surface area contributed by atoms with Gasteiger partial charge in [-0.05, 0) is 24.5 Å². The smallest absolute Gasteiger partial charge is 0.338 e. The molecule has 4 atom stereocenters. The highest BCUT2D eigenvalue weighted by molar-refractivity contribution is 5.81. The van der Waals surface area contributed by atoms with Crippen molar-refractivity contribution < 1.29 is 23.8 Å². The number of benzene rings is 1. The van der Waals surface area contributed by atoms with Crippen molar-refractivity contribution in [2.24, 2.45) is 5.92 Å². The lowest BCUT2D eigenvalue weighted by atomic mass is 9.87. The van der Waals surface area contributed by atoms with Gasteiger partial charge in [-0.2, -0.15) is 0 Å². The van der Waals surface area contributed by atoms with Crippen molar-refractivity contribution in [2.75, 3.05) is 19.7 Å². The molecule has 150 valence electrons. The van der Waals surface area contributed by atoms with E-state index < -0.39 is 11.6 Å². The first-order valence-corrected chi connectivity index (χ1v) is 9.95. The van der Waals surface area contributed by atoms with Crippen LogP contribution in [0.3, 0.4) is 0 Å². The molecular formula is C22H27NO5. The van der Waals surface area contributed by atoms with E-state index in [1.54, 1.807) is 6.92 Å². The molecule has 6 heteroatoms. The van der Waals surface area contributed by atoms with Crippen molar-refractivity contribution in [1.29, 1.82) is 0 Å². The van der Waals surface area contributed by atoms with E-state index in [1.807, 2.05) is 37.3 Å². The summed E-state index contributed by atoms with van der Waals surface area (Å²) >= 11 is 0. The van der Waals surface area contributed by atoms with Crippen LogP contribution in [0.5, 0.6) is 0 Å². The molecule has 3 heterocycles. The number of cyclic esters (lactones) is 1. The Morgan fingerprint density at radius 1 is 1.25 bits per heavy atom. The zero-order chi connectivity index (χ0) is 19.7. The lowest BCUT2D eigenvalue weighted by Crippen LogP contribution is -2.46. The number of rotatable bonds is 3. The van der Waals surface area contributed by atoms with Gasteiger partial charge in [0.05, 0.1) is 19.1 Å². The molecule has 0 aromatic heterocycles. The molecule has 1 aromatic carbocycles. The molecule has 2 saturated heterocycles. The largest absolute Gasteiger partial charge is 0.460 e. The second-order valence-electron chi connectivity index (χ2n) is 8.10. The van der Waals surface area contributed by atoms with E-state index in [4.69, 9.17) is 14.2 Å². The highest BCUT2D eigenvalue weighted by atomic mass is 16.6. The molecule has 0 saturated carbocycles. The summed E-state index contributed by atoms with van der Waals surface area (Å²) in [6, 6.07) is 9.70. The average molecular weight is 385 g/mol. The summed E-state index contributed by atoms with van der Waals surface area (Å²) in [7, 11) is 0. The Hall–Kier alpha value is -2.18. The van der Waals surface area contributed by atoms with E-state index in [0.29, 0.717) is 0 Å². The number of carbonyl (C=O) groups excluding carboxylic acids is 2. The van der Waals surface area contributed by atoms with Gasteiger partial charge in [0.15, 0.2) is 5.60 Å². The summed E-state index contributed by atoms with van der Waals surface area (Å²) in [6.45, 7) is 5.74. The first-order valence-electron chi connectivity index (χ1n) is 9.95. The number of nitrogens with zero attached hydrogens (tertiary/aromatic N) is 1. The van der Waals surface area contributed by atoms with Gasteiger partial charge in [0.2, 0.25) is 0 Å². The second kappa shape index (κ2) is 7.68. The fourth-order valence-corrected chi connectivity index (χ4v) is 4.29. The van der Waals surface area contributed by atoms with E-state index in [2.05, 4.69) is 11.0 Å². The predicted molar refractivity (Wildman–Crippen MR) is 102 cm³/mol. The third-order valence-electron chi connectivity index (χ3n) is 6.27. The minimum Gasteiger partial charge on any atom is -0.460 e. The van der Waals surface area contributed by atoms with Gasteiger partial charge < -0.3 is 14.2 Å². The molecule has 2 fully saturated rings. The lowest BCUT2D eigenvalue weighted by molar-refractivity contribution is -0.180. The van der Waals surface area contributed by atoms with Crippen molar-refractivity contribution >= 4 is 11.9 Å². The Bertz CT molecular complexity index is 776. The summed E-state index contributed by atoms with van der Waals surface area (Å²) in [5.41, 5.74) is 0.751. The van der Waals surface area contributed by atoms with E-state index in [9.17, 15) is 9.59 Å². The molecule has 1 aromatic rings. The minimum atomic E-state index is -1.23. The molecule has 0 radical (unpaired) electrons. The van der Waals surface area contributed by atoms with Crippen LogP contribution in [-0.4, -0.2) is 54.3 Å². The average Bonchev–Trinajstić information content (AvgIpc) is 3.27. The van der Waals surface area contributed by atoms with Crippen LogP contribution >= 0.6 is 0 Å². The van der Waals surface area contributed by atoms with E-state index >= 15 is 0 Å². The maximum atomic E-state index is 13.0. The van der Waals surface area contributed by atoms with Crippen LogP contribution in [0.25, 0.3) is 0 Å². The second-order valence-corrected chi connectivity index (χ2v) is 8.10. The lowest BCUT2D eigenvalue weighted by Gasteiger charge is -2.33. The van der Waals surface area contributed by atoms with Gasteiger partial charge in [0.25, 0.3) is 0 Å². The Morgan fingerprint density at radius 3 is 2.82 bits per heavy atom. The molecule has 4 rings (SSSR count). The van der Waals surface area contributed by atoms with Gasteiger partial charge in [-0.25, -0.2) is 4.79 Å². The number of hydrogen-bond acceptors (Lipinski definition) is 6. The molecule has 0 N–H and O–H groups in total. The van der Waals surface area contributed by atoms with Crippen molar-refractivity contribution in [3.8, 4) is 0 Å². The normalized spacial score (nSPS) is 33.5. The Balaban J connectivity index is 1.55. The van der Waals surface area contributed by atoms with Crippen LogP contribution in [0.1, 0.15) is 32.3 Å². The molecule has 3 aliphatic rings. The minimum absolute atomic E-state index is 0.0293. The monoisotopic (exact) mass is 385 g/mol. The molecule has 6 nitrogen and oxygen atoms in total. The van der Waals surface area contributed by atoms with Crippen molar-refractivity contribution in [3.05, 3.63) is 47.5 Å². The standard InChI is InChI=1S/C22H27NO5/c1-15-12-19(24)28-18-9-11-23-10-8-17(20(18)23)14-26-21(25)22(15,2)27-13-16-6-4-3-5-7-16/h3-8,15,18,20H,9-14H2,1-2H3/t15-,18+,20-,22+/m0/s1. The Kier molecular flexibility index (Phi) is 5.25. The van der Waals surface area contributed by atoms with Crippen LogP contribution < -0.4 is 0 Å². The summed E-state index contributed by atoms with van der Waals surface area (Å²) in [4.78, 5) is 27.9. The summed E-state index contributed by atoms with van der Waals surface area (Å²) in [5, 5.41) is 0. The summed E-state index contributed by atoms with van der Waals surface area (Å²) in [6.07, 6.45) is 2.85. The molecular weight excluding hydrogens is 358 g/mol. The van der Waals surface area contributed by atoms with Crippen molar-refractivity contribution in [3.63, 3.8) is 0 Å². The molecule has 28 heavy (non-hydrogen) atoms. The van der Waals surface area contributed by atoms with Gasteiger partial charge in [-0.3, -0.25) is 9.69 Å². The Labute approximate surface area is 165 Å². The van der Waals surface area contributed by atoms with Gasteiger partial charge in [0.1, 0.15) is 12.7 Å². The quantitative estimate of drug-likeness (QED) is 0.588. The van der Waals surface area contributed by atoms with Crippen molar-refractivity contribution in [1.82, 2.24) is 4.90 Å². The first kappa shape index (κ1) is 19.2.